The van der Waals surface area contributed by atoms with Crippen LogP contribution in [-0.4, -0.2) is 23.3 Å². The van der Waals surface area contributed by atoms with Gasteiger partial charge >= 0.3 is 6.18 Å². The number of nitrogens with zero attached hydrogens (tertiary/aromatic N) is 2. The second-order valence-corrected chi connectivity index (χ2v) is 5.51. The second kappa shape index (κ2) is 6.17. The normalized spacial score (nSPS) is 11.9. The van der Waals surface area contributed by atoms with Gasteiger partial charge in [0.1, 0.15) is 11.6 Å². The molecule has 0 fully saturated rings. The highest BCUT2D eigenvalue weighted by atomic mass is 79.9. The number of ether oxygens (including phenoxy) is 1. The first-order chi connectivity index (χ1) is 9.81. The number of hydrogen-bond donors (Lipinski definition) is 0. The summed E-state index contributed by atoms with van der Waals surface area (Å²) in [5.41, 5.74) is 1.24. The fourth-order valence-electron chi connectivity index (χ4n) is 2.18. The average molecular weight is 363 g/mol. The van der Waals surface area contributed by atoms with Gasteiger partial charge in [-0.05, 0) is 47.8 Å². The lowest BCUT2D eigenvalue weighted by atomic mass is 10.1. The zero-order valence-electron chi connectivity index (χ0n) is 11.6. The summed E-state index contributed by atoms with van der Waals surface area (Å²) in [6.07, 6.45) is -4.76. The molecule has 0 spiro atoms. The number of alkyl halides is 3. The number of methoxy groups -OCH3 is 1. The number of aryl methyl sites for hydroxylation is 2. The minimum atomic E-state index is -4.15. The molecule has 0 aliphatic carbocycles. The third-order valence-electron chi connectivity index (χ3n) is 3.04. The molecule has 0 atom stereocenters. The highest BCUT2D eigenvalue weighted by Gasteiger charge is 2.26. The van der Waals surface area contributed by atoms with Gasteiger partial charge in [0.05, 0.1) is 23.7 Å². The maximum atomic E-state index is 12.3. The van der Waals surface area contributed by atoms with Crippen LogP contribution in [0.4, 0.5) is 13.2 Å². The molecule has 7 heteroatoms. The van der Waals surface area contributed by atoms with Gasteiger partial charge in [-0.15, -0.1) is 0 Å². The van der Waals surface area contributed by atoms with Crippen LogP contribution in [0.3, 0.4) is 0 Å². The number of halogens is 4. The van der Waals surface area contributed by atoms with Crippen molar-refractivity contribution in [1.82, 2.24) is 9.97 Å². The van der Waals surface area contributed by atoms with E-state index in [1.165, 1.54) is 7.11 Å². The van der Waals surface area contributed by atoms with Gasteiger partial charge < -0.3 is 4.74 Å². The molecule has 0 amide bonds. The number of aromatic nitrogens is 2. The Morgan fingerprint density at radius 2 is 1.95 bits per heavy atom. The largest absolute Gasteiger partial charge is 0.496 e. The molecular formula is C14H14BrF3N2O. The second-order valence-electron chi connectivity index (χ2n) is 4.66. The summed E-state index contributed by atoms with van der Waals surface area (Å²) in [4.78, 5) is 8.63. The van der Waals surface area contributed by atoms with Crippen LogP contribution in [0.1, 0.15) is 24.4 Å². The predicted octanol–water partition coefficient (Wildman–Crippen LogP) is 4.59. The van der Waals surface area contributed by atoms with Gasteiger partial charge in [-0.1, -0.05) is 0 Å². The van der Waals surface area contributed by atoms with Crippen LogP contribution in [0.15, 0.2) is 16.6 Å². The van der Waals surface area contributed by atoms with E-state index in [0.717, 1.165) is 4.47 Å². The summed E-state index contributed by atoms with van der Waals surface area (Å²) >= 11 is 3.40. The summed E-state index contributed by atoms with van der Waals surface area (Å²) < 4.78 is 42.9. The Morgan fingerprint density at radius 3 is 2.57 bits per heavy atom. The van der Waals surface area contributed by atoms with Crippen molar-refractivity contribution in [2.75, 3.05) is 7.11 Å². The molecule has 0 radical (unpaired) electrons. The SMILES string of the molecule is COc1ccc(Br)c2nc(C)nc(CCCC(F)(F)F)c12. The summed E-state index contributed by atoms with van der Waals surface area (Å²) in [5, 5.41) is 0.666. The molecule has 114 valence electrons. The first kappa shape index (κ1) is 16.0. The van der Waals surface area contributed by atoms with Crippen LogP contribution in [0.5, 0.6) is 5.75 Å². The quantitative estimate of drug-likeness (QED) is 0.797. The van der Waals surface area contributed by atoms with Crippen molar-refractivity contribution in [1.29, 1.82) is 0 Å². The van der Waals surface area contributed by atoms with Crippen molar-refractivity contribution in [3.05, 3.63) is 28.1 Å². The highest BCUT2D eigenvalue weighted by molar-refractivity contribution is 9.10. The Labute approximate surface area is 128 Å². The van der Waals surface area contributed by atoms with Crippen molar-refractivity contribution in [3.8, 4) is 5.75 Å². The van der Waals surface area contributed by atoms with Crippen LogP contribution in [0.25, 0.3) is 10.9 Å². The number of benzene rings is 1. The molecule has 2 rings (SSSR count). The van der Waals surface area contributed by atoms with Crippen molar-refractivity contribution in [3.63, 3.8) is 0 Å². The monoisotopic (exact) mass is 362 g/mol. The van der Waals surface area contributed by atoms with E-state index in [1.54, 1.807) is 19.1 Å². The molecule has 1 aromatic carbocycles. The predicted molar refractivity (Wildman–Crippen MR) is 77.5 cm³/mol. The van der Waals surface area contributed by atoms with Gasteiger partial charge in [-0.25, -0.2) is 9.97 Å². The van der Waals surface area contributed by atoms with E-state index in [4.69, 9.17) is 4.74 Å². The Balaban J connectivity index is 2.44. The summed E-state index contributed by atoms with van der Waals surface area (Å²) in [7, 11) is 1.52. The van der Waals surface area contributed by atoms with Gasteiger partial charge in [0.15, 0.2) is 0 Å². The molecule has 0 saturated carbocycles. The lowest BCUT2D eigenvalue weighted by molar-refractivity contribution is -0.135. The van der Waals surface area contributed by atoms with E-state index >= 15 is 0 Å². The zero-order valence-corrected chi connectivity index (χ0v) is 13.2. The van der Waals surface area contributed by atoms with Crippen LogP contribution in [0, 0.1) is 6.92 Å². The van der Waals surface area contributed by atoms with Gasteiger partial charge in [0.2, 0.25) is 0 Å². The standard InChI is InChI=1S/C14H14BrF3N2O/c1-8-19-10(4-3-7-14(16,17)18)12-11(21-2)6-5-9(15)13(12)20-8/h5-6H,3-4,7H2,1-2H3. The van der Waals surface area contributed by atoms with E-state index in [1.807, 2.05) is 0 Å². The molecule has 1 heterocycles. The summed E-state index contributed by atoms with van der Waals surface area (Å²) in [6, 6.07) is 3.55. The number of rotatable bonds is 4. The average Bonchev–Trinajstić information content (AvgIpc) is 2.38. The van der Waals surface area contributed by atoms with Gasteiger partial charge in [-0.3, -0.25) is 0 Å². The van der Waals surface area contributed by atoms with Crippen molar-refractivity contribution in [2.24, 2.45) is 0 Å². The van der Waals surface area contributed by atoms with Gasteiger partial charge in [-0.2, -0.15) is 13.2 Å². The molecular weight excluding hydrogens is 349 g/mol. The van der Waals surface area contributed by atoms with Crippen molar-refractivity contribution >= 4 is 26.8 Å². The zero-order chi connectivity index (χ0) is 15.6. The van der Waals surface area contributed by atoms with Crippen molar-refractivity contribution in [2.45, 2.75) is 32.4 Å². The van der Waals surface area contributed by atoms with E-state index in [2.05, 4.69) is 25.9 Å². The van der Waals surface area contributed by atoms with E-state index in [-0.39, 0.29) is 12.8 Å². The molecule has 0 aliphatic rings. The molecule has 3 nitrogen and oxygen atoms in total. The topological polar surface area (TPSA) is 35.0 Å². The van der Waals surface area contributed by atoms with E-state index < -0.39 is 12.6 Å². The molecule has 0 bridgehead atoms. The van der Waals surface area contributed by atoms with Gasteiger partial charge in [0.25, 0.3) is 0 Å². The lowest BCUT2D eigenvalue weighted by Gasteiger charge is -2.12. The third kappa shape index (κ3) is 3.84. The smallest absolute Gasteiger partial charge is 0.389 e. The molecule has 0 N–H and O–H groups in total. The van der Waals surface area contributed by atoms with E-state index in [9.17, 15) is 13.2 Å². The fourth-order valence-corrected chi connectivity index (χ4v) is 2.60. The molecule has 0 saturated heterocycles. The minimum Gasteiger partial charge on any atom is -0.496 e. The van der Waals surface area contributed by atoms with Crippen LogP contribution < -0.4 is 4.74 Å². The van der Waals surface area contributed by atoms with Crippen LogP contribution >= 0.6 is 15.9 Å². The van der Waals surface area contributed by atoms with Crippen molar-refractivity contribution < 1.29 is 17.9 Å². The molecule has 0 aliphatic heterocycles. The fraction of sp³-hybridized carbons (Fsp3) is 0.429. The Hall–Kier alpha value is -1.37. The summed E-state index contributed by atoms with van der Waals surface area (Å²) in [5.74, 6) is 1.09. The van der Waals surface area contributed by atoms with Crippen LogP contribution in [0.2, 0.25) is 0 Å². The number of fused-ring (bicyclic) bond motifs is 1. The van der Waals surface area contributed by atoms with Crippen LogP contribution in [-0.2, 0) is 6.42 Å². The van der Waals surface area contributed by atoms with Gasteiger partial charge in [0, 0.05) is 10.9 Å². The highest BCUT2D eigenvalue weighted by Crippen LogP contribution is 2.33. The maximum Gasteiger partial charge on any atom is 0.389 e. The Bertz CT molecular complexity index is 659. The Kier molecular flexibility index (Phi) is 4.70. The molecule has 2 aromatic rings. The molecule has 1 aromatic heterocycles. The number of hydrogen-bond acceptors (Lipinski definition) is 3. The molecule has 21 heavy (non-hydrogen) atoms. The van der Waals surface area contributed by atoms with E-state index in [0.29, 0.717) is 28.2 Å². The Morgan fingerprint density at radius 1 is 1.24 bits per heavy atom. The molecule has 0 unspecified atom stereocenters. The first-order valence-corrected chi connectivity index (χ1v) is 7.17. The minimum absolute atomic E-state index is 0.00921. The lowest BCUT2D eigenvalue weighted by Crippen LogP contribution is -2.08. The third-order valence-corrected chi connectivity index (χ3v) is 3.68. The first-order valence-electron chi connectivity index (χ1n) is 6.38. The summed E-state index contributed by atoms with van der Waals surface area (Å²) in [6.45, 7) is 1.72. The maximum absolute atomic E-state index is 12.3.